The molecule has 0 fully saturated rings. The molecule has 30 heavy (non-hydrogen) atoms. The van der Waals surface area contributed by atoms with Gasteiger partial charge in [-0.3, -0.25) is 0 Å². The third-order valence-corrected chi connectivity index (χ3v) is 4.62. The van der Waals surface area contributed by atoms with Crippen LogP contribution in [-0.2, 0) is 15.9 Å². The van der Waals surface area contributed by atoms with Crippen LogP contribution in [0.15, 0.2) is 42.5 Å². The van der Waals surface area contributed by atoms with Crippen molar-refractivity contribution in [2.75, 3.05) is 13.2 Å². The molecule has 0 atom stereocenters. The predicted octanol–water partition coefficient (Wildman–Crippen LogP) is 6.41. The van der Waals surface area contributed by atoms with Gasteiger partial charge < -0.3 is 18.9 Å². The molecule has 3 aromatic carbocycles. The molecule has 0 amide bonds. The van der Waals surface area contributed by atoms with Gasteiger partial charge in [-0.2, -0.15) is 0 Å². The highest BCUT2D eigenvalue weighted by Crippen LogP contribution is 2.43. The molecule has 0 bridgehead atoms. The van der Waals surface area contributed by atoms with E-state index in [2.05, 4.69) is 0 Å². The first kappa shape index (κ1) is 21.4. The molecule has 0 aromatic heterocycles. The molecular weight excluding hydrogens is 384 g/mol. The van der Waals surface area contributed by atoms with Crippen LogP contribution >= 0.6 is 0 Å². The quantitative estimate of drug-likeness (QED) is 0.255. The van der Waals surface area contributed by atoms with Gasteiger partial charge in [-0.05, 0) is 30.9 Å². The van der Waals surface area contributed by atoms with Gasteiger partial charge in [0.25, 0.3) is 0 Å². The van der Waals surface area contributed by atoms with Crippen LogP contribution in [0.4, 0.5) is 9.59 Å². The minimum atomic E-state index is -0.765. The molecule has 3 aromatic rings. The van der Waals surface area contributed by atoms with Gasteiger partial charge in [0.1, 0.15) is 11.5 Å². The monoisotopic (exact) mass is 410 g/mol. The number of ether oxygens (including phenoxy) is 4. The zero-order chi connectivity index (χ0) is 21.5. The van der Waals surface area contributed by atoms with Crippen LogP contribution in [0.25, 0.3) is 21.5 Å². The summed E-state index contributed by atoms with van der Waals surface area (Å²) in [4.78, 5) is 24.5. The minimum Gasteiger partial charge on any atom is -0.434 e. The van der Waals surface area contributed by atoms with Gasteiger partial charge in [0, 0.05) is 21.5 Å². The van der Waals surface area contributed by atoms with E-state index < -0.39 is 12.3 Å². The third-order valence-electron chi connectivity index (χ3n) is 4.62. The zero-order valence-electron chi connectivity index (χ0n) is 17.5. The minimum absolute atomic E-state index is 0.277. The van der Waals surface area contributed by atoms with Crippen LogP contribution in [-0.4, -0.2) is 25.5 Å². The van der Waals surface area contributed by atoms with Crippen LogP contribution < -0.4 is 9.47 Å². The summed E-state index contributed by atoms with van der Waals surface area (Å²) in [5.74, 6) is 0.755. The van der Waals surface area contributed by atoms with Crippen LogP contribution in [0.5, 0.6) is 11.5 Å². The van der Waals surface area contributed by atoms with Crippen molar-refractivity contribution in [1.29, 1.82) is 0 Å². The molecule has 0 N–H and O–H groups in total. The molecule has 0 saturated carbocycles. The van der Waals surface area contributed by atoms with E-state index in [0.717, 1.165) is 12.0 Å². The van der Waals surface area contributed by atoms with Crippen LogP contribution in [0.1, 0.15) is 39.2 Å². The Kier molecular flexibility index (Phi) is 7.12. The molecule has 3 rings (SSSR count). The van der Waals surface area contributed by atoms with Crippen LogP contribution in [0, 0.1) is 0 Å². The molecule has 0 spiro atoms. The normalized spacial score (nSPS) is 10.8. The van der Waals surface area contributed by atoms with Crippen molar-refractivity contribution < 1.29 is 28.5 Å². The molecule has 0 aliphatic rings. The number of carbonyl (C=O) groups is 2. The smallest absolute Gasteiger partial charge is 0.434 e. The van der Waals surface area contributed by atoms with Gasteiger partial charge in [0.05, 0.1) is 13.2 Å². The molecule has 158 valence electrons. The third kappa shape index (κ3) is 4.64. The number of hydrogen-bond acceptors (Lipinski definition) is 6. The number of benzene rings is 3. The van der Waals surface area contributed by atoms with E-state index in [1.165, 1.54) is 0 Å². The molecule has 0 radical (unpaired) electrons. The summed E-state index contributed by atoms with van der Waals surface area (Å²) in [5.41, 5.74) is 1.06. The maximum absolute atomic E-state index is 12.2. The van der Waals surface area contributed by atoms with E-state index in [1.807, 2.05) is 63.2 Å². The Morgan fingerprint density at radius 3 is 1.70 bits per heavy atom. The van der Waals surface area contributed by atoms with Crippen molar-refractivity contribution in [3.05, 3.63) is 48.0 Å². The fourth-order valence-corrected chi connectivity index (χ4v) is 3.18. The van der Waals surface area contributed by atoms with E-state index >= 15 is 0 Å². The van der Waals surface area contributed by atoms with Crippen molar-refractivity contribution in [1.82, 2.24) is 0 Å². The Labute approximate surface area is 175 Å². The standard InChI is InChI=1S/C24H26O6/c1-4-13-27-23(25)29-21-17-9-7-8-10-18(17)22(30-24(26)28-14-5-2)20-15-16(6-3)11-12-19(20)21/h7-12,15H,4-6,13-14H2,1-3H3. The molecule has 0 aliphatic carbocycles. The summed E-state index contributed by atoms with van der Waals surface area (Å²) < 4.78 is 21.5. The summed E-state index contributed by atoms with van der Waals surface area (Å²) in [6.45, 7) is 6.42. The van der Waals surface area contributed by atoms with E-state index in [9.17, 15) is 9.59 Å². The first-order valence-corrected chi connectivity index (χ1v) is 10.3. The maximum atomic E-state index is 12.2. The lowest BCUT2D eigenvalue weighted by atomic mass is 9.98. The first-order valence-electron chi connectivity index (χ1n) is 10.3. The van der Waals surface area contributed by atoms with Crippen molar-refractivity contribution in [2.45, 2.75) is 40.0 Å². The Bertz CT molecular complexity index is 1060. The fraction of sp³-hybridized carbons (Fsp3) is 0.333. The van der Waals surface area contributed by atoms with Crippen LogP contribution in [0.3, 0.4) is 0 Å². The molecular formula is C24H26O6. The van der Waals surface area contributed by atoms with Gasteiger partial charge in [-0.1, -0.05) is 57.2 Å². The van der Waals surface area contributed by atoms with Crippen molar-refractivity contribution in [3.8, 4) is 11.5 Å². The number of rotatable bonds is 7. The second-order valence-electron chi connectivity index (χ2n) is 6.84. The Morgan fingerprint density at radius 1 is 0.700 bits per heavy atom. The maximum Gasteiger partial charge on any atom is 0.513 e. The lowest BCUT2D eigenvalue weighted by Gasteiger charge is -2.16. The van der Waals surface area contributed by atoms with Gasteiger partial charge in [0.15, 0.2) is 0 Å². The summed E-state index contributed by atoms with van der Waals surface area (Å²) in [6.07, 6.45) is 0.670. The number of carbonyl (C=O) groups excluding carboxylic acids is 2. The molecule has 6 nitrogen and oxygen atoms in total. The predicted molar refractivity (Wildman–Crippen MR) is 115 cm³/mol. The average molecular weight is 410 g/mol. The second kappa shape index (κ2) is 9.96. The van der Waals surface area contributed by atoms with E-state index in [0.29, 0.717) is 45.9 Å². The van der Waals surface area contributed by atoms with Gasteiger partial charge in [-0.15, -0.1) is 0 Å². The Morgan fingerprint density at radius 2 is 1.20 bits per heavy atom. The molecule has 6 heteroatoms. The summed E-state index contributed by atoms with van der Waals surface area (Å²) in [5, 5.41) is 2.60. The largest absolute Gasteiger partial charge is 0.513 e. The van der Waals surface area contributed by atoms with Crippen molar-refractivity contribution >= 4 is 33.9 Å². The summed E-state index contributed by atoms with van der Waals surface area (Å²) in [6, 6.07) is 13.1. The van der Waals surface area contributed by atoms with E-state index in [4.69, 9.17) is 18.9 Å². The highest BCUT2D eigenvalue weighted by molar-refractivity contribution is 6.12. The topological polar surface area (TPSA) is 71.1 Å². The molecule has 0 unspecified atom stereocenters. The average Bonchev–Trinajstić information content (AvgIpc) is 2.77. The van der Waals surface area contributed by atoms with Gasteiger partial charge in [0.2, 0.25) is 0 Å². The van der Waals surface area contributed by atoms with Gasteiger partial charge >= 0.3 is 12.3 Å². The van der Waals surface area contributed by atoms with E-state index in [1.54, 1.807) is 0 Å². The van der Waals surface area contributed by atoms with Crippen LogP contribution in [0.2, 0.25) is 0 Å². The SMILES string of the molecule is CCCOC(=O)Oc1c2ccccc2c(OC(=O)OCCC)c2cc(CC)ccc12. The highest BCUT2D eigenvalue weighted by atomic mass is 16.7. The van der Waals surface area contributed by atoms with Gasteiger partial charge in [-0.25, -0.2) is 9.59 Å². The Balaban J connectivity index is 2.20. The van der Waals surface area contributed by atoms with Crippen molar-refractivity contribution in [2.24, 2.45) is 0 Å². The van der Waals surface area contributed by atoms with E-state index in [-0.39, 0.29) is 13.2 Å². The Hall–Kier alpha value is -3.28. The molecule has 0 saturated heterocycles. The second-order valence-corrected chi connectivity index (χ2v) is 6.84. The first-order chi connectivity index (χ1) is 14.6. The lowest BCUT2D eigenvalue weighted by molar-refractivity contribution is 0.0984. The fourth-order valence-electron chi connectivity index (χ4n) is 3.18. The lowest BCUT2D eigenvalue weighted by Crippen LogP contribution is -2.13. The number of hydrogen-bond donors (Lipinski definition) is 0. The summed E-state index contributed by atoms with van der Waals surface area (Å²) in [7, 11) is 0. The zero-order valence-corrected chi connectivity index (χ0v) is 17.5. The molecule has 0 aliphatic heterocycles. The summed E-state index contributed by atoms with van der Waals surface area (Å²) >= 11 is 0. The van der Waals surface area contributed by atoms with Crippen molar-refractivity contribution in [3.63, 3.8) is 0 Å². The number of aryl methyl sites for hydroxylation is 1. The number of fused-ring (bicyclic) bond motifs is 2. The highest BCUT2D eigenvalue weighted by Gasteiger charge is 2.21. The molecule has 0 heterocycles.